The predicted molar refractivity (Wildman–Crippen MR) is 51.4 cm³/mol. The zero-order valence-corrected chi connectivity index (χ0v) is 8.50. The van der Waals surface area contributed by atoms with Crippen molar-refractivity contribution in [3.63, 3.8) is 0 Å². The molecule has 0 radical (unpaired) electrons. The van der Waals surface area contributed by atoms with Crippen molar-refractivity contribution in [3.8, 4) is 0 Å². The van der Waals surface area contributed by atoms with E-state index in [9.17, 15) is 22.0 Å². The SMILES string of the molecule is FC1=C(F)C(F)C(F)C(c2cccs2)=C1F. The van der Waals surface area contributed by atoms with Crippen molar-refractivity contribution in [2.24, 2.45) is 0 Å². The molecule has 1 aliphatic rings. The lowest BCUT2D eigenvalue weighted by Crippen LogP contribution is -2.24. The van der Waals surface area contributed by atoms with Gasteiger partial charge in [-0.15, -0.1) is 11.3 Å². The molecule has 0 spiro atoms. The zero-order valence-electron chi connectivity index (χ0n) is 7.68. The average molecular weight is 252 g/mol. The average Bonchev–Trinajstić information content (AvgIpc) is 2.77. The first-order valence-corrected chi connectivity index (χ1v) is 5.19. The number of hydrogen-bond donors (Lipinski definition) is 0. The van der Waals surface area contributed by atoms with Gasteiger partial charge in [0, 0.05) is 10.5 Å². The first-order chi connectivity index (χ1) is 7.54. The van der Waals surface area contributed by atoms with Crippen LogP contribution in [0, 0.1) is 0 Å². The van der Waals surface area contributed by atoms with Crippen LogP contribution in [0.3, 0.4) is 0 Å². The van der Waals surface area contributed by atoms with Crippen LogP contribution >= 0.6 is 11.3 Å². The Hall–Kier alpha value is -1.17. The number of alkyl halides is 2. The minimum Gasteiger partial charge on any atom is -0.238 e. The molecule has 0 nitrogen and oxygen atoms in total. The highest BCUT2D eigenvalue weighted by Gasteiger charge is 2.40. The quantitative estimate of drug-likeness (QED) is 0.655. The lowest BCUT2D eigenvalue weighted by Gasteiger charge is -2.20. The number of halogens is 5. The second kappa shape index (κ2) is 4.01. The van der Waals surface area contributed by atoms with Crippen molar-refractivity contribution in [2.45, 2.75) is 12.3 Å². The Morgan fingerprint density at radius 2 is 1.69 bits per heavy atom. The van der Waals surface area contributed by atoms with Gasteiger partial charge in [-0.05, 0) is 11.4 Å². The van der Waals surface area contributed by atoms with Gasteiger partial charge in [0.1, 0.15) is 0 Å². The summed E-state index contributed by atoms with van der Waals surface area (Å²) < 4.78 is 65.3. The van der Waals surface area contributed by atoms with E-state index in [2.05, 4.69) is 0 Å². The maximum Gasteiger partial charge on any atom is 0.193 e. The molecule has 0 N–H and O–H groups in total. The maximum atomic E-state index is 13.4. The minimum absolute atomic E-state index is 0.0512. The van der Waals surface area contributed by atoms with Crippen LogP contribution < -0.4 is 0 Å². The number of hydrogen-bond acceptors (Lipinski definition) is 1. The summed E-state index contributed by atoms with van der Waals surface area (Å²) in [5, 5.41) is 1.50. The Bertz CT molecular complexity index is 460. The first-order valence-electron chi connectivity index (χ1n) is 4.31. The van der Waals surface area contributed by atoms with Gasteiger partial charge < -0.3 is 0 Å². The van der Waals surface area contributed by atoms with Gasteiger partial charge in [0.2, 0.25) is 0 Å². The fourth-order valence-corrected chi connectivity index (χ4v) is 2.21. The van der Waals surface area contributed by atoms with Crippen LogP contribution in [-0.4, -0.2) is 12.3 Å². The predicted octanol–water partition coefficient (Wildman–Crippen LogP) is 4.27. The molecule has 6 heteroatoms. The lowest BCUT2D eigenvalue weighted by molar-refractivity contribution is 0.201. The summed E-state index contributed by atoms with van der Waals surface area (Å²) in [7, 11) is 0. The van der Waals surface area contributed by atoms with E-state index in [0.717, 1.165) is 11.3 Å². The summed E-state index contributed by atoms with van der Waals surface area (Å²) in [5.74, 6) is -5.64. The van der Waals surface area contributed by atoms with Crippen LogP contribution in [-0.2, 0) is 0 Å². The van der Waals surface area contributed by atoms with Crippen molar-refractivity contribution in [1.29, 1.82) is 0 Å². The molecule has 0 saturated heterocycles. The normalized spacial score (nSPS) is 26.6. The van der Waals surface area contributed by atoms with Gasteiger partial charge in [-0.1, -0.05) is 6.07 Å². The molecular formula is C10H5F5S. The van der Waals surface area contributed by atoms with Crippen molar-refractivity contribution in [2.75, 3.05) is 0 Å². The van der Waals surface area contributed by atoms with Gasteiger partial charge in [-0.25, -0.2) is 22.0 Å². The van der Waals surface area contributed by atoms with Crippen molar-refractivity contribution < 1.29 is 22.0 Å². The molecule has 1 aromatic heterocycles. The molecule has 0 amide bonds. The number of rotatable bonds is 1. The topological polar surface area (TPSA) is 0 Å². The number of thiophene rings is 1. The van der Waals surface area contributed by atoms with Crippen molar-refractivity contribution in [3.05, 3.63) is 39.9 Å². The van der Waals surface area contributed by atoms with E-state index in [1.165, 1.54) is 17.5 Å². The minimum atomic E-state index is -2.78. The van der Waals surface area contributed by atoms with Crippen LogP contribution in [0.2, 0.25) is 0 Å². The third-order valence-electron chi connectivity index (χ3n) is 2.20. The second-order valence-corrected chi connectivity index (χ2v) is 4.12. The van der Waals surface area contributed by atoms with Crippen molar-refractivity contribution in [1.82, 2.24) is 0 Å². The van der Waals surface area contributed by atoms with Gasteiger partial charge in [-0.2, -0.15) is 0 Å². The molecule has 1 aliphatic carbocycles. The van der Waals surface area contributed by atoms with E-state index in [1.807, 2.05) is 0 Å². The molecular weight excluding hydrogens is 247 g/mol. The molecule has 2 unspecified atom stereocenters. The Balaban J connectivity index is 2.58. The second-order valence-electron chi connectivity index (χ2n) is 3.17. The van der Waals surface area contributed by atoms with E-state index >= 15 is 0 Å². The number of allylic oxidation sites excluding steroid dienone is 4. The van der Waals surface area contributed by atoms with Gasteiger partial charge in [0.05, 0.1) is 0 Å². The van der Waals surface area contributed by atoms with E-state index in [4.69, 9.17) is 0 Å². The highest BCUT2D eigenvalue weighted by molar-refractivity contribution is 7.11. The summed E-state index contributed by atoms with van der Waals surface area (Å²) >= 11 is 0.926. The Labute approximate surface area is 91.7 Å². The van der Waals surface area contributed by atoms with E-state index in [1.54, 1.807) is 0 Å². The summed E-state index contributed by atoms with van der Waals surface area (Å²) in [6.07, 6.45) is -5.30. The Kier molecular flexibility index (Phi) is 2.84. The van der Waals surface area contributed by atoms with Crippen LogP contribution in [0.25, 0.3) is 5.57 Å². The van der Waals surface area contributed by atoms with Crippen LogP contribution in [0.15, 0.2) is 35.0 Å². The summed E-state index contributed by atoms with van der Waals surface area (Å²) in [6, 6.07) is 2.79. The smallest absolute Gasteiger partial charge is 0.193 e. The van der Waals surface area contributed by atoms with E-state index in [-0.39, 0.29) is 4.88 Å². The molecule has 2 rings (SSSR count). The van der Waals surface area contributed by atoms with Gasteiger partial charge >= 0.3 is 0 Å². The largest absolute Gasteiger partial charge is 0.238 e. The molecule has 86 valence electrons. The fraction of sp³-hybridized carbons (Fsp3) is 0.200. The van der Waals surface area contributed by atoms with E-state index in [0.29, 0.717) is 0 Å². The summed E-state index contributed by atoms with van der Waals surface area (Å²) in [4.78, 5) is 0.0512. The molecule has 16 heavy (non-hydrogen) atoms. The standard InChI is InChI=1S/C10H5F5S/c11-6-5(4-2-1-3-16-4)7(12)9(14)10(15)8(6)13/h1-3,6,8H. The lowest BCUT2D eigenvalue weighted by atomic mass is 9.97. The van der Waals surface area contributed by atoms with Crippen LogP contribution in [0.1, 0.15) is 4.88 Å². The molecule has 0 saturated carbocycles. The first kappa shape index (κ1) is 11.3. The zero-order chi connectivity index (χ0) is 11.9. The molecule has 0 aromatic carbocycles. The van der Waals surface area contributed by atoms with Crippen LogP contribution in [0.5, 0.6) is 0 Å². The molecule has 0 bridgehead atoms. The molecule has 1 heterocycles. The molecule has 0 aliphatic heterocycles. The van der Waals surface area contributed by atoms with Gasteiger partial charge in [0.15, 0.2) is 29.8 Å². The monoisotopic (exact) mass is 252 g/mol. The third-order valence-corrected chi connectivity index (χ3v) is 3.10. The van der Waals surface area contributed by atoms with Gasteiger partial charge in [-0.3, -0.25) is 0 Å². The van der Waals surface area contributed by atoms with Gasteiger partial charge in [0.25, 0.3) is 0 Å². The molecule has 1 aromatic rings. The van der Waals surface area contributed by atoms with Crippen LogP contribution in [0.4, 0.5) is 22.0 Å². The Morgan fingerprint density at radius 1 is 1.00 bits per heavy atom. The highest BCUT2D eigenvalue weighted by Crippen LogP contribution is 2.42. The summed E-state index contributed by atoms with van der Waals surface area (Å²) in [6.45, 7) is 0. The third kappa shape index (κ3) is 1.57. The fourth-order valence-electron chi connectivity index (χ4n) is 1.42. The Morgan fingerprint density at radius 3 is 2.25 bits per heavy atom. The molecule has 0 fully saturated rings. The van der Waals surface area contributed by atoms with Crippen molar-refractivity contribution >= 4 is 16.9 Å². The molecule has 2 atom stereocenters. The highest BCUT2D eigenvalue weighted by atomic mass is 32.1. The maximum absolute atomic E-state index is 13.4. The van der Waals surface area contributed by atoms with E-state index < -0.39 is 35.4 Å². The summed E-state index contributed by atoms with van der Waals surface area (Å²) in [5.41, 5.74) is -0.763.